The molecule has 9 heteroatoms. The molecule has 1 saturated carbocycles. The Morgan fingerprint density at radius 3 is 2.59 bits per heavy atom. The number of alkyl halides is 3. The number of nitrogens with zero attached hydrogens (tertiary/aromatic N) is 4. The third-order valence-corrected chi connectivity index (χ3v) is 7.43. The lowest BCUT2D eigenvalue weighted by Crippen LogP contribution is -2.42. The number of rotatable bonds is 5. The summed E-state index contributed by atoms with van der Waals surface area (Å²) in [5.41, 5.74) is -1.15. The second-order valence-corrected chi connectivity index (χ2v) is 10.5. The number of aromatic nitrogens is 3. The maximum Gasteiger partial charge on any atom is 0.434 e. The van der Waals surface area contributed by atoms with Crippen molar-refractivity contribution in [2.45, 2.75) is 45.3 Å². The van der Waals surface area contributed by atoms with Gasteiger partial charge in [-0.2, -0.15) is 13.2 Å². The predicted octanol–water partition coefficient (Wildman–Crippen LogP) is 4.74. The number of ether oxygens (including phenoxy) is 1. The molecule has 5 rings (SSSR count). The zero-order valence-electron chi connectivity index (χ0n) is 21.5. The number of hydrogen-bond donors (Lipinski definition) is 1. The molecule has 0 aromatic carbocycles. The van der Waals surface area contributed by atoms with Crippen LogP contribution < -0.4 is 5.32 Å². The first-order valence-corrected chi connectivity index (χ1v) is 11.9. The summed E-state index contributed by atoms with van der Waals surface area (Å²) in [6.45, 7) is 5.47. The van der Waals surface area contributed by atoms with E-state index in [-0.39, 0.29) is 28.6 Å². The average Bonchev–Trinajstić information content (AvgIpc) is 3.38. The summed E-state index contributed by atoms with van der Waals surface area (Å²) in [7, 11) is 0. The highest BCUT2D eigenvalue weighted by Crippen LogP contribution is 2.41. The van der Waals surface area contributed by atoms with Crippen molar-refractivity contribution in [2.75, 3.05) is 38.1 Å². The van der Waals surface area contributed by atoms with Gasteiger partial charge in [0.1, 0.15) is 5.82 Å². The number of halogens is 3. The fourth-order valence-electron chi connectivity index (χ4n) is 5.61. The van der Waals surface area contributed by atoms with Crippen LogP contribution >= 0.6 is 0 Å². The molecule has 0 radical (unpaired) electrons. The molecule has 3 fully saturated rings. The summed E-state index contributed by atoms with van der Waals surface area (Å²) in [5.74, 6) is 1.25. The summed E-state index contributed by atoms with van der Waals surface area (Å²) in [6.07, 6.45) is -0.920. The van der Waals surface area contributed by atoms with E-state index in [0.717, 1.165) is 38.5 Å². The molecule has 0 amide bonds. The molecule has 4 atom stereocenters. The average molecular weight is 478 g/mol. The van der Waals surface area contributed by atoms with Crippen LogP contribution in [0.25, 0.3) is 11.3 Å². The molecule has 184 valence electrons. The summed E-state index contributed by atoms with van der Waals surface area (Å²) in [4.78, 5) is 5.52. The summed E-state index contributed by atoms with van der Waals surface area (Å²) in [6, 6.07) is 6.16. The van der Waals surface area contributed by atoms with Crippen molar-refractivity contribution < 1.29 is 20.6 Å². The second-order valence-electron chi connectivity index (χ2n) is 10.5. The van der Waals surface area contributed by atoms with Crippen molar-refractivity contribution in [3.8, 4) is 11.3 Å². The van der Waals surface area contributed by atoms with E-state index in [4.69, 9.17) is 7.48 Å². The molecular formula is C25H32F3N5O. The lowest BCUT2D eigenvalue weighted by molar-refractivity contribution is -0.140. The predicted molar refractivity (Wildman–Crippen MR) is 123 cm³/mol. The molecule has 1 N–H and O–H groups in total. The molecule has 0 bridgehead atoms. The zero-order valence-corrected chi connectivity index (χ0v) is 19.5. The molecule has 2 saturated heterocycles. The second kappa shape index (κ2) is 9.07. The molecule has 0 spiro atoms. The highest BCUT2D eigenvalue weighted by atomic mass is 19.4. The first-order valence-electron chi connectivity index (χ1n) is 12.9. The monoisotopic (exact) mass is 477 g/mol. The smallest absolute Gasteiger partial charge is 0.381 e. The molecule has 4 heterocycles. The van der Waals surface area contributed by atoms with Gasteiger partial charge in [-0.1, -0.05) is 13.8 Å². The number of likely N-dealkylation sites (tertiary alicyclic amines) is 1. The van der Waals surface area contributed by atoms with Crippen LogP contribution in [-0.2, 0) is 10.9 Å². The molecule has 3 aliphatic rings. The fraction of sp³-hybridized carbons (Fsp3) is 0.640. The third-order valence-electron chi connectivity index (χ3n) is 7.43. The van der Waals surface area contributed by atoms with Gasteiger partial charge in [0.25, 0.3) is 0 Å². The van der Waals surface area contributed by atoms with E-state index in [1.807, 2.05) is 4.90 Å². The van der Waals surface area contributed by atoms with E-state index >= 15 is 0 Å². The van der Waals surface area contributed by atoms with E-state index in [2.05, 4.69) is 34.3 Å². The van der Waals surface area contributed by atoms with Gasteiger partial charge in [-0.3, -0.25) is 4.98 Å². The first-order chi connectivity index (χ1) is 16.9. The van der Waals surface area contributed by atoms with Crippen LogP contribution in [-0.4, -0.2) is 58.9 Å². The molecule has 2 aromatic rings. The molecule has 2 aromatic heterocycles. The highest BCUT2D eigenvalue weighted by Gasteiger charge is 2.43. The molecule has 1 aliphatic carbocycles. The van der Waals surface area contributed by atoms with Gasteiger partial charge in [0.05, 0.1) is 12.3 Å². The van der Waals surface area contributed by atoms with Crippen LogP contribution in [0.5, 0.6) is 0 Å². The summed E-state index contributed by atoms with van der Waals surface area (Å²) in [5, 5.41) is 11.5. The van der Waals surface area contributed by atoms with Gasteiger partial charge in [-0.15, -0.1) is 10.2 Å². The van der Waals surface area contributed by atoms with Crippen molar-refractivity contribution in [1.29, 1.82) is 0 Å². The van der Waals surface area contributed by atoms with Crippen LogP contribution in [0.15, 0.2) is 30.5 Å². The van der Waals surface area contributed by atoms with E-state index in [1.54, 1.807) is 6.07 Å². The van der Waals surface area contributed by atoms with Crippen LogP contribution in [0.2, 0.25) is 0 Å². The minimum Gasteiger partial charge on any atom is -0.381 e. The minimum absolute atomic E-state index is 0.0713. The van der Waals surface area contributed by atoms with Crippen LogP contribution in [0.1, 0.15) is 41.5 Å². The van der Waals surface area contributed by atoms with E-state index in [0.29, 0.717) is 30.9 Å². The summed E-state index contributed by atoms with van der Waals surface area (Å²) < 4.78 is 63.4. The Bertz CT molecular complexity index is 1070. The molecule has 34 heavy (non-hydrogen) atoms. The Kier molecular flexibility index (Phi) is 5.62. The Labute approximate surface area is 201 Å². The molecular weight excluding hydrogens is 443 g/mol. The van der Waals surface area contributed by atoms with Gasteiger partial charge < -0.3 is 15.0 Å². The Morgan fingerprint density at radius 1 is 1.18 bits per heavy atom. The van der Waals surface area contributed by atoms with Crippen molar-refractivity contribution in [2.24, 2.45) is 23.2 Å². The zero-order chi connectivity index (χ0) is 25.7. The van der Waals surface area contributed by atoms with Crippen LogP contribution in [0.3, 0.4) is 0 Å². The largest absolute Gasteiger partial charge is 0.434 e. The van der Waals surface area contributed by atoms with E-state index in [1.165, 1.54) is 18.2 Å². The highest BCUT2D eigenvalue weighted by molar-refractivity contribution is 5.62. The van der Waals surface area contributed by atoms with Gasteiger partial charge in [0.15, 0.2) is 5.69 Å². The van der Waals surface area contributed by atoms with Crippen molar-refractivity contribution in [3.05, 3.63) is 36.2 Å². The number of hydrogen-bond acceptors (Lipinski definition) is 6. The molecule has 2 unspecified atom stereocenters. The normalized spacial score (nSPS) is 30.5. The van der Waals surface area contributed by atoms with E-state index < -0.39 is 18.4 Å². The minimum atomic E-state index is -4.57. The SMILES string of the molecule is [2H]C([2H])(C1CCOCC1(C)C)N1C[C@H]2CC(Nc3ccc(-c4cccnc4C(F)(F)F)nn3)C[C@H]2C1. The fourth-order valence-corrected chi connectivity index (χ4v) is 5.61. The molecule has 2 aliphatic heterocycles. The Morgan fingerprint density at radius 2 is 1.94 bits per heavy atom. The van der Waals surface area contributed by atoms with Crippen molar-refractivity contribution >= 4 is 5.82 Å². The lowest BCUT2D eigenvalue weighted by atomic mass is 9.76. The molecule has 6 nitrogen and oxygen atoms in total. The quantitative estimate of drug-likeness (QED) is 0.671. The number of nitrogens with one attached hydrogen (secondary N) is 1. The Balaban J connectivity index is 1.20. The van der Waals surface area contributed by atoms with Gasteiger partial charge in [-0.25, -0.2) is 0 Å². The topological polar surface area (TPSA) is 63.2 Å². The standard InChI is InChI=1S/C25H32F3N5O/c1-24(2)15-34-9-7-18(24)14-33-12-16-10-19(11-17(16)13-33)30-22-6-5-21(31-32-22)20-4-3-8-29-23(20)25(26,27)28/h3-6,8,16-19H,7,9-15H2,1-2H3,(H,30,32)/t16-,17+,18?,19?/i14D2. The van der Waals surface area contributed by atoms with Gasteiger partial charge in [0.2, 0.25) is 0 Å². The maximum absolute atomic E-state index is 13.3. The first kappa shape index (κ1) is 21.1. The number of fused-ring (bicyclic) bond motifs is 1. The van der Waals surface area contributed by atoms with Gasteiger partial charge in [0, 0.05) is 46.7 Å². The summed E-state index contributed by atoms with van der Waals surface area (Å²) >= 11 is 0. The van der Waals surface area contributed by atoms with Crippen molar-refractivity contribution in [3.63, 3.8) is 0 Å². The van der Waals surface area contributed by atoms with Gasteiger partial charge >= 0.3 is 6.18 Å². The van der Waals surface area contributed by atoms with Crippen molar-refractivity contribution in [1.82, 2.24) is 20.1 Å². The van der Waals surface area contributed by atoms with Gasteiger partial charge in [-0.05, 0) is 66.7 Å². The van der Waals surface area contributed by atoms with Crippen LogP contribution in [0, 0.1) is 23.2 Å². The third kappa shape index (κ3) is 4.91. The Hall–Kier alpha value is -2.26. The van der Waals surface area contributed by atoms with Crippen LogP contribution in [0.4, 0.5) is 19.0 Å². The number of anilines is 1. The maximum atomic E-state index is 13.3. The van der Waals surface area contributed by atoms with E-state index in [9.17, 15) is 13.2 Å². The lowest BCUT2D eigenvalue weighted by Gasteiger charge is -2.40. The number of pyridine rings is 1.